The van der Waals surface area contributed by atoms with E-state index in [1.165, 1.54) is 0 Å². The normalized spacial score (nSPS) is 14.9. The standard InChI is InChI=1S/C13H17N3O2/c1-5-10-8-14-16-7-6-15(9-11(10)16)12(17)18-13(2,3)4/h1,8H,6-7,9H2,2-4H3. The first-order valence-corrected chi connectivity index (χ1v) is 5.90. The van der Waals surface area contributed by atoms with Gasteiger partial charge in [-0.25, -0.2) is 4.79 Å². The fourth-order valence-electron chi connectivity index (χ4n) is 1.85. The van der Waals surface area contributed by atoms with Gasteiger partial charge in [-0.3, -0.25) is 4.68 Å². The van der Waals surface area contributed by atoms with Crippen LogP contribution in [0.1, 0.15) is 32.0 Å². The van der Waals surface area contributed by atoms with E-state index in [1.807, 2.05) is 25.5 Å². The third-order valence-electron chi connectivity index (χ3n) is 2.68. The van der Waals surface area contributed by atoms with Gasteiger partial charge in [0.2, 0.25) is 0 Å². The van der Waals surface area contributed by atoms with E-state index in [9.17, 15) is 4.79 Å². The Hall–Kier alpha value is -1.96. The SMILES string of the molecule is C#Cc1cnn2c1CN(C(=O)OC(C)(C)C)CC2. The number of rotatable bonds is 0. The zero-order valence-corrected chi connectivity index (χ0v) is 10.9. The number of terminal acetylenes is 1. The van der Waals surface area contributed by atoms with Crippen molar-refractivity contribution in [1.82, 2.24) is 14.7 Å². The van der Waals surface area contributed by atoms with Crippen molar-refractivity contribution in [2.45, 2.75) is 39.5 Å². The van der Waals surface area contributed by atoms with E-state index >= 15 is 0 Å². The Morgan fingerprint density at radius 3 is 2.83 bits per heavy atom. The maximum absolute atomic E-state index is 12.0. The van der Waals surface area contributed by atoms with Gasteiger partial charge in [-0.1, -0.05) is 5.92 Å². The van der Waals surface area contributed by atoms with Crippen LogP contribution in [0.4, 0.5) is 4.79 Å². The minimum absolute atomic E-state index is 0.307. The third kappa shape index (κ3) is 2.48. The molecule has 0 aromatic carbocycles. The summed E-state index contributed by atoms with van der Waals surface area (Å²) in [6.07, 6.45) is 6.76. The van der Waals surface area contributed by atoms with Gasteiger partial charge in [-0.15, -0.1) is 6.42 Å². The summed E-state index contributed by atoms with van der Waals surface area (Å²) in [6, 6.07) is 0. The van der Waals surface area contributed by atoms with Crippen molar-refractivity contribution in [3.63, 3.8) is 0 Å². The van der Waals surface area contributed by atoms with E-state index < -0.39 is 5.60 Å². The molecule has 2 heterocycles. The van der Waals surface area contributed by atoms with Gasteiger partial charge >= 0.3 is 6.09 Å². The molecular formula is C13H17N3O2. The fourth-order valence-corrected chi connectivity index (χ4v) is 1.85. The molecule has 0 radical (unpaired) electrons. The molecule has 1 amide bonds. The van der Waals surface area contributed by atoms with Crippen molar-refractivity contribution < 1.29 is 9.53 Å². The van der Waals surface area contributed by atoms with Crippen LogP contribution in [0.25, 0.3) is 0 Å². The molecule has 0 saturated heterocycles. The van der Waals surface area contributed by atoms with Crippen molar-refractivity contribution in [2.75, 3.05) is 6.54 Å². The highest BCUT2D eigenvalue weighted by Gasteiger charge is 2.27. The first-order valence-electron chi connectivity index (χ1n) is 5.90. The molecule has 2 rings (SSSR count). The quantitative estimate of drug-likeness (QED) is 0.654. The van der Waals surface area contributed by atoms with Gasteiger partial charge in [0, 0.05) is 6.54 Å². The maximum Gasteiger partial charge on any atom is 0.410 e. The average Bonchev–Trinajstić information content (AvgIpc) is 2.68. The maximum atomic E-state index is 12.0. The van der Waals surface area contributed by atoms with Crippen LogP contribution in [0.15, 0.2) is 6.20 Å². The third-order valence-corrected chi connectivity index (χ3v) is 2.68. The van der Waals surface area contributed by atoms with Gasteiger partial charge in [0.1, 0.15) is 5.60 Å². The number of aromatic nitrogens is 2. The highest BCUT2D eigenvalue weighted by molar-refractivity contribution is 5.68. The summed E-state index contributed by atoms with van der Waals surface area (Å²) in [5, 5.41) is 4.19. The number of hydrogen-bond acceptors (Lipinski definition) is 3. The second-order valence-corrected chi connectivity index (χ2v) is 5.27. The smallest absolute Gasteiger partial charge is 0.410 e. The number of nitrogens with zero attached hydrogens (tertiary/aromatic N) is 3. The van der Waals surface area contributed by atoms with Crippen molar-refractivity contribution in [3.05, 3.63) is 17.5 Å². The van der Waals surface area contributed by atoms with Crippen LogP contribution in [0.3, 0.4) is 0 Å². The summed E-state index contributed by atoms with van der Waals surface area (Å²) in [5.74, 6) is 2.58. The van der Waals surface area contributed by atoms with Gasteiger partial charge in [-0.05, 0) is 20.8 Å². The van der Waals surface area contributed by atoms with Crippen molar-refractivity contribution in [2.24, 2.45) is 0 Å². The molecule has 1 aromatic rings. The molecule has 0 spiro atoms. The molecule has 5 nitrogen and oxygen atoms in total. The molecule has 1 aromatic heterocycles. The van der Waals surface area contributed by atoms with Crippen molar-refractivity contribution >= 4 is 6.09 Å². The second kappa shape index (κ2) is 4.37. The highest BCUT2D eigenvalue weighted by Crippen LogP contribution is 2.18. The summed E-state index contributed by atoms with van der Waals surface area (Å²) in [5.41, 5.74) is 1.15. The lowest BCUT2D eigenvalue weighted by Crippen LogP contribution is -2.41. The monoisotopic (exact) mass is 247 g/mol. The molecule has 0 atom stereocenters. The molecule has 0 aliphatic carbocycles. The Balaban J connectivity index is 2.12. The van der Waals surface area contributed by atoms with Crippen LogP contribution in [0.2, 0.25) is 0 Å². The Morgan fingerprint density at radius 2 is 2.22 bits per heavy atom. The Morgan fingerprint density at radius 1 is 1.50 bits per heavy atom. The zero-order chi connectivity index (χ0) is 13.3. The topological polar surface area (TPSA) is 47.4 Å². The molecule has 0 unspecified atom stereocenters. The predicted molar refractivity (Wildman–Crippen MR) is 66.8 cm³/mol. The van der Waals surface area contributed by atoms with Crippen LogP contribution in [0.5, 0.6) is 0 Å². The van der Waals surface area contributed by atoms with Crippen LogP contribution < -0.4 is 0 Å². The molecule has 0 fully saturated rings. The summed E-state index contributed by atoms with van der Waals surface area (Å²) >= 11 is 0. The zero-order valence-electron chi connectivity index (χ0n) is 10.9. The fraction of sp³-hybridized carbons (Fsp3) is 0.538. The lowest BCUT2D eigenvalue weighted by molar-refractivity contribution is 0.0194. The molecule has 96 valence electrons. The lowest BCUT2D eigenvalue weighted by Gasteiger charge is -2.30. The molecule has 1 aliphatic heterocycles. The van der Waals surface area contributed by atoms with Crippen LogP contribution in [0, 0.1) is 12.3 Å². The molecule has 5 heteroatoms. The van der Waals surface area contributed by atoms with Crippen molar-refractivity contribution in [1.29, 1.82) is 0 Å². The largest absolute Gasteiger partial charge is 0.444 e. The first kappa shape index (κ1) is 12.5. The summed E-state index contributed by atoms with van der Waals surface area (Å²) in [6.45, 7) is 7.25. The second-order valence-electron chi connectivity index (χ2n) is 5.27. The molecule has 0 bridgehead atoms. The number of carbonyl (C=O) groups is 1. The number of hydrogen-bond donors (Lipinski definition) is 0. The molecule has 1 aliphatic rings. The Bertz CT molecular complexity index is 505. The van der Waals surface area contributed by atoms with Crippen LogP contribution in [-0.2, 0) is 17.8 Å². The predicted octanol–water partition coefficient (Wildman–Crippen LogP) is 1.62. The molecule has 18 heavy (non-hydrogen) atoms. The van der Waals surface area contributed by atoms with E-state index in [-0.39, 0.29) is 6.09 Å². The number of carbonyl (C=O) groups excluding carboxylic acids is 1. The van der Waals surface area contributed by atoms with Crippen LogP contribution in [-0.4, -0.2) is 32.9 Å². The minimum Gasteiger partial charge on any atom is -0.444 e. The van der Waals surface area contributed by atoms with E-state index in [4.69, 9.17) is 11.2 Å². The first-order chi connectivity index (χ1) is 8.40. The Labute approximate surface area is 107 Å². The van der Waals surface area contributed by atoms with Gasteiger partial charge in [0.15, 0.2) is 0 Å². The van der Waals surface area contributed by atoms with Crippen LogP contribution >= 0.6 is 0 Å². The van der Waals surface area contributed by atoms with E-state index in [1.54, 1.807) is 11.1 Å². The van der Waals surface area contributed by atoms with E-state index in [2.05, 4.69) is 11.0 Å². The van der Waals surface area contributed by atoms with Gasteiger partial charge in [-0.2, -0.15) is 5.10 Å². The summed E-state index contributed by atoms with van der Waals surface area (Å²) in [7, 11) is 0. The molecule has 0 saturated carbocycles. The lowest BCUT2D eigenvalue weighted by atomic mass is 10.2. The number of ether oxygens (including phenoxy) is 1. The van der Waals surface area contributed by atoms with Gasteiger partial charge < -0.3 is 9.64 Å². The summed E-state index contributed by atoms with van der Waals surface area (Å²) < 4.78 is 7.19. The van der Waals surface area contributed by atoms with Gasteiger partial charge in [0.05, 0.1) is 30.5 Å². The van der Waals surface area contributed by atoms with E-state index in [0.717, 1.165) is 11.3 Å². The minimum atomic E-state index is -0.482. The average molecular weight is 247 g/mol. The highest BCUT2D eigenvalue weighted by atomic mass is 16.6. The Kier molecular flexibility index (Phi) is 3.04. The number of amides is 1. The number of fused-ring (bicyclic) bond motifs is 1. The van der Waals surface area contributed by atoms with Crippen molar-refractivity contribution in [3.8, 4) is 12.3 Å². The summed E-state index contributed by atoms with van der Waals surface area (Å²) in [4.78, 5) is 13.6. The molecular weight excluding hydrogens is 230 g/mol. The van der Waals surface area contributed by atoms with E-state index in [0.29, 0.717) is 19.6 Å². The molecule has 0 N–H and O–H groups in total. The van der Waals surface area contributed by atoms with Gasteiger partial charge in [0.25, 0.3) is 0 Å².